The number of thiol groups is 1. The first-order valence-electron chi connectivity index (χ1n) is 8.70. The van der Waals surface area contributed by atoms with Gasteiger partial charge in [-0.15, -0.1) is 17.7 Å². The molecule has 27 heavy (non-hydrogen) atoms. The van der Waals surface area contributed by atoms with E-state index in [1.54, 1.807) is 10.7 Å². The number of hydrogen-bond donors (Lipinski definition) is 4. The Bertz CT molecular complexity index is 1180. The zero-order valence-electron chi connectivity index (χ0n) is 15.3. The van der Waals surface area contributed by atoms with Crippen molar-refractivity contribution in [1.82, 2.24) is 20.0 Å². The highest BCUT2D eigenvalue weighted by Crippen LogP contribution is 2.36. The standard InChI is InChI=1S/C20H20N4O2S/c1-4-12-8-16(18(26)9-17(12)25)24-19(20(27)22-23-24)13-5-6-15-14(7-13)10(2)11(3)21-15/h5-9,21,25-27H,4H2,1-3H3. The molecule has 0 fully saturated rings. The molecule has 6 nitrogen and oxygen atoms in total. The first-order valence-corrected chi connectivity index (χ1v) is 9.14. The second-order valence-corrected chi connectivity index (χ2v) is 7.06. The van der Waals surface area contributed by atoms with Crippen LogP contribution in [0.25, 0.3) is 27.8 Å². The molecule has 138 valence electrons. The van der Waals surface area contributed by atoms with Crippen molar-refractivity contribution in [1.29, 1.82) is 0 Å². The average Bonchev–Trinajstić information content (AvgIpc) is 3.15. The zero-order valence-corrected chi connectivity index (χ0v) is 16.2. The van der Waals surface area contributed by atoms with Gasteiger partial charge in [-0.1, -0.05) is 18.2 Å². The summed E-state index contributed by atoms with van der Waals surface area (Å²) in [4.78, 5) is 3.37. The molecule has 2 aromatic heterocycles. The minimum absolute atomic E-state index is 0.0614. The second kappa shape index (κ2) is 6.35. The van der Waals surface area contributed by atoms with Crippen LogP contribution in [0.1, 0.15) is 23.7 Å². The lowest BCUT2D eigenvalue weighted by Crippen LogP contribution is -2.01. The van der Waals surface area contributed by atoms with Gasteiger partial charge < -0.3 is 15.2 Å². The summed E-state index contributed by atoms with van der Waals surface area (Å²) in [6.45, 7) is 6.06. The van der Waals surface area contributed by atoms with Crippen LogP contribution in [0.5, 0.6) is 11.5 Å². The summed E-state index contributed by atoms with van der Waals surface area (Å²) in [6, 6.07) is 9.12. The van der Waals surface area contributed by atoms with Crippen LogP contribution in [0, 0.1) is 13.8 Å². The highest BCUT2D eigenvalue weighted by molar-refractivity contribution is 7.80. The molecule has 0 aliphatic rings. The highest BCUT2D eigenvalue weighted by atomic mass is 32.1. The third-order valence-corrected chi connectivity index (χ3v) is 5.32. The third kappa shape index (κ3) is 2.75. The Balaban J connectivity index is 1.95. The predicted octanol–water partition coefficient (Wildman–Crippen LogP) is 4.29. The van der Waals surface area contributed by atoms with Crippen molar-refractivity contribution in [3.05, 3.63) is 47.2 Å². The fourth-order valence-corrected chi connectivity index (χ4v) is 3.63. The summed E-state index contributed by atoms with van der Waals surface area (Å²) in [5, 5.41) is 30.2. The van der Waals surface area contributed by atoms with E-state index in [2.05, 4.69) is 40.9 Å². The molecule has 0 unspecified atom stereocenters. The first kappa shape index (κ1) is 17.5. The van der Waals surface area contributed by atoms with Crippen LogP contribution >= 0.6 is 12.6 Å². The van der Waals surface area contributed by atoms with Crippen molar-refractivity contribution >= 4 is 23.5 Å². The monoisotopic (exact) mass is 380 g/mol. The number of nitrogens with one attached hydrogen (secondary N) is 1. The smallest absolute Gasteiger partial charge is 0.145 e. The Morgan fingerprint density at radius 2 is 1.89 bits per heavy atom. The maximum Gasteiger partial charge on any atom is 0.145 e. The topological polar surface area (TPSA) is 87.0 Å². The normalized spacial score (nSPS) is 11.4. The Hall–Kier alpha value is -2.93. The molecule has 4 aromatic rings. The Morgan fingerprint density at radius 1 is 1.11 bits per heavy atom. The van der Waals surface area contributed by atoms with Crippen LogP contribution in [0.3, 0.4) is 0 Å². The molecule has 0 radical (unpaired) electrons. The first-order chi connectivity index (χ1) is 12.9. The maximum absolute atomic E-state index is 10.4. The van der Waals surface area contributed by atoms with Gasteiger partial charge in [-0.25, -0.2) is 4.68 Å². The number of hydrogen-bond acceptors (Lipinski definition) is 5. The van der Waals surface area contributed by atoms with Gasteiger partial charge in [0.05, 0.1) is 0 Å². The molecule has 0 saturated carbocycles. The highest BCUT2D eigenvalue weighted by Gasteiger charge is 2.19. The maximum atomic E-state index is 10.4. The van der Waals surface area contributed by atoms with E-state index >= 15 is 0 Å². The predicted molar refractivity (Wildman–Crippen MR) is 108 cm³/mol. The van der Waals surface area contributed by atoms with E-state index in [1.165, 1.54) is 11.6 Å². The van der Waals surface area contributed by atoms with Gasteiger partial charge in [0.1, 0.15) is 27.9 Å². The number of aromatic amines is 1. The molecule has 0 atom stereocenters. The quantitative estimate of drug-likeness (QED) is 0.399. The summed E-state index contributed by atoms with van der Waals surface area (Å²) in [5.41, 5.74) is 6.13. The number of H-pyrrole nitrogens is 1. The number of rotatable bonds is 3. The van der Waals surface area contributed by atoms with Gasteiger partial charge >= 0.3 is 0 Å². The van der Waals surface area contributed by atoms with Crippen molar-refractivity contribution in [3.63, 3.8) is 0 Å². The molecule has 0 saturated heterocycles. The number of nitrogens with zero attached hydrogens (tertiary/aromatic N) is 3. The molecule has 2 aromatic carbocycles. The summed E-state index contributed by atoms with van der Waals surface area (Å²) in [6.07, 6.45) is 0.630. The lowest BCUT2D eigenvalue weighted by Gasteiger charge is -2.12. The van der Waals surface area contributed by atoms with E-state index in [4.69, 9.17) is 0 Å². The summed E-state index contributed by atoms with van der Waals surface area (Å²) in [7, 11) is 0. The van der Waals surface area contributed by atoms with Crippen molar-refractivity contribution in [2.45, 2.75) is 32.2 Å². The molecule has 0 amide bonds. The van der Waals surface area contributed by atoms with Crippen LogP contribution in [-0.4, -0.2) is 30.2 Å². The van der Waals surface area contributed by atoms with Gasteiger partial charge in [0.2, 0.25) is 0 Å². The van der Waals surface area contributed by atoms with Gasteiger partial charge in [-0.3, -0.25) is 0 Å². The van der Waals surface area contributed by atoms with Crippen LogP contribution in [0.4, 0.5) is 0 Å². The number of phenols is 2. The fraction of sp³-hybridized carbons (Fsp3) is 0.200. The Labute approximate surface area is 161 Å². The lowest BCUT2D eigenvalue weighted by atomic mass is 10.1. The third-order valence-electron chi connectivity index (χ3n) is 5.02. The van der Waals surface area contributed by atoms with E-state index in [0.29, 0.717) is 22.8 Å². The van der Waals surface area contributed by atoms with Crippen molar-refractivity contribution in [2.75, 3.05) is 0 Å². The molecule has 0 spiro atoms. The van der Waals surface area contributed by atoms with Crippen LogP contribution in [0.15, 0.2) is 35.4 Å². The summed E-state index contributed by atoms with van der Waals surface area (Å²) in [5.74, 6) is -0.00899. The van der Waals surface area contributed by atoms with Gasteiger partial charge in [0.25, 0.3) is 0 Å². The zero-order chi connectivity index (χ0) is 19.3. The molecule has 3 N–H and O–H groups in total. The average molecular weight is 380 g/mol. The number of aryl methyl sites for hydroxylation is 3. The van der Waals surface area contributed by atoms with Gasteiger partial charge in [-0.05, 0) is 49.6 Å². The fourth-order valence-electron chi connectivity index (χ4n) is 3.36. The largest absolute Gasteiger partial charge is 0.508 e. The molecule has 7 heteroatoms. The number of benzene rings is 2. The van der Waals surface area contributed by atoms with Gasteiger partial charge in [0, 0.05) is 28.2 Å². The molecular weight excluding hydrogens is 360 g/mol. The van der Waals surface area contributed by atoms with Crippen molar-refractivity contribution in [2.24, 2.45) is 0 Å². The van der Waals surface area contributed by atoms with Crippen LogP contribution in [0.2, 0.25) is 0 Å². The summed E-state index contributed by atoms with van der Waals surface area (Å²) < 4.78 is 1.56. The Kier molecular flexibility index (Phi) is 4.11. The van der Waals surface area contributed by atoms with E-state index in [9.17, 15) is 10.2 Å². The summed E-state index contributed by atoms with van der Waals surface area (Å²) >= 11 is 4.48. The van der Waals surface area contributed by atoms with E-state index in [-0.39, 0.29) is 11.5 Å². The SMILES string of the molecule is CCc1cc(-n2nnc(S)c2-c2ccc3[nH]c(C)c(C)c3c2)c(O)cc1O. The molecular formula is C20H20N4O2S. The number of aromatic nitrogens is 4. The van der Waals surface area contributed by atoms with Crippen molar-refractivity contribution < 1.29 is 10.2 Å². The molecule has 0 aliphatic carbocycles. The van der Waals surface area contributed by atoms with Crippen molar-refractivity contribution in [3.8, 4) is 28.4 Å². The molecule has 0 aliphatic heterocycles. The number of phenolic OH excluding ortho intramolecular Hbond substituents is 2. The van der Waals surface area contributed by atoms with E-state index in [0.717, 1.165) is 27.7 Å². The molecule has 0 bridgehead atoms. The van der Waals surface area contributed by atoms with Gasteiger partial charge in [-0.2, -0.15) is 0 Å². The number of fused-ring (bicyclic) bond motifs is 1. The van der Waals surface area contributed by atoms with E-state index in [1.807, 2.05) is 26.0 Å². The van der Waals surface area contributed by atoms with E-state index < -0.39 is 0 Å². The second-order valence-electron chi connectivity index (χ2n) is 6.63. The minimum atomic E-state index is -0.0704. The Morgan fingerprint density at radius 3 is 2.63 bits per heavy atom. The minimum Gasteiger partial charge on any atom is -0.508 e. The molecule has 4 rings (SSSR count). The molecule has 2 heterocycles. The number of aromatic hydroxyl groups is 2. The van der Waals surface area contributed by atoms with Crippen LogP contribution < -0.4 is 0 Å². The lowest BCUT2D eigenvalue weighted by molar-refractivity contribution is 0.443. The van der Waals surface area contributed by atoms with Gasteiger partial charge in [0.15, 0.2) is 0 Å². The van der Waals surface area contributed by atoms with Crippen LogP contribution in [-0.2, 0) is 6.42 Å².